The fourth-order valence-corrected chi connectivity index (χ4v) is 2.29. The number of thiazole rings is 1. The minimum atomic E-state index is 0.748. The number of nitrogens with zero attached hydrogens (tertiary/aromatic N) is 2. The van der Waals surface area contributed by atoms with Gasteiger partial charge in [0.05, 0.1) is 6.20 Å². The number of hydrogen-bond donors (Lipinski definition) is 1. The van der Waals surface area contributed by atoms with Crippen molar-refractivity contribution >= 4 is 37.4 Å². The summed E-state index contributed by atoms with van der Waals surface area (Å²) in [6.07, 6.45) is 1.69. The van der Waals surface area contributed by atoms with E-state index in [2.05, 4.69) is 37.9 Å². The van der Waals surface area contributed by atoms with Gasteiger partial charge in [-0.3, -0.25) is 0 Å². The molecule has 2 aromatic rings. The Morgan fingerprint density at radius 1 is 1.38 bits per heavy atom. The third-order valence-corrected chi connectivity index (χ3v) is 3.64. The third-order valence-electron chi connectivity index (χ3n) is 2.17. The molecule has 3 nitrogen and oxygen atoms in total. The van der Waals surface area contributed by atoms with Crippen LogP contribution in [0.25, 0.3) is 0 Å². The molecule has 0 fully saturated rings. The van der Waals surface area contributed by atoms with E-state index >= 15 is 0 Å². The standard InChI is InChI=1S/C11H12BrN3S/c1-15(11-14-6-10(13)16-11)7-8-2-4-9(12)5-3-8/h2-6H,7,13H2,1H3. The van der Waals surface area contributed by atoms with E-state index in [-0.39, 0.29) is 0 Å². The monoisotopic (exact) mass is 297 g/mol. The first-order valence-electron chi connectivity index (χ1n) is 4.82. The molecule has 0 bridgehead atoms. The zero-order valence-electron chi connectivity index (χ0n) is 8.85. The first kappa shape index (κ1) is 11.4. The van der Waals surface area contributed by atoms with Crippen LogP contribution < -0.4 is 10.6 Å². The molecule has 2 rings (SSSR count). The first-order valence-corrected chi connectivity index (χ1v) is 6.43. The van der Waals surface area contributed by atoms with Gasteiger partial charge in [-0.1, -0.05) is 39.4 Å². The molecule has 0 unspecified atom stereocenters. The van der Waals surface area contributed by atoms with E-state index in [9.17, 15) is 0 Å². The second-order valence-electron chi connectivity index (χ2n) is 3.53. The number of halogens is 1. The van der Waals surface area contributed by atoms with Gasteiger partial charge in [0, 0.05) is 18.1 Å². The van der Waals surface area contributed by atoms with Crippen LogP contribution in [0.3, 0.4) is 0 Å². The zero-order valence-corrected chi connectivity index (χ0v) is 11.3. The second kappa shape index (κ2) is 4.84. The average molecular weight is 298 g/mol. The molecule has 0 aliphatic heterocycles. The molecule has 0 aliphatic carbocycles. The molecular weight excluding hydrogens is 286 g/mol. The largest absolute Gasteiger partial charge is 0.389 e. The van der Waals surface area contributed by atoms with E-state index in [1.165, 1.54) is 16.9 Å². The van der Waals surface area contributed by atoms with Crippen LogP contribution in [0.1, 0.15) is 5.56 Å². The molecule has 0 saturated heterocycles. The van der Waals surface area contributed by atoms with Crippen LogP contribution in [0, 0.1) is 0 Å². The van der Waals surface area contributed by atoms with E-state index in [0.29, 0.717) is 0 Å². The van der Waals surface area contributed by atoms with E-state index in [1.807, 2.05) is 19.2 Å². The predicted octanol–water partition coefficient (Wildman–Crippen LogP) is 3.12. The molecule has 16 heavy (non-hydrogen) atoms. The maximum Gasteiger partial charge on any atom is 0.187 e. The average Bonchev–Trinajstić information content (AvgIpc) is 2.68. The Morgan fingerprint density at radius 3 is 2.62 bits per heavy atom. The van der Waals surface area contributed by atoms with Crippen LogP contribution in [-0.4, -0.2) is 12.0 Å². The Balaban J connectivity index is 2.07. The van der Waals surface area contributed by atoms with Crippen molar-refractivity contribution in [1.82, 2.24) is 4.98 Å². The van der Waals surface area contributed by atoms with Gasteiger partial charge in [0.25, 0.3) is 0 Å². The normalized spacial score (nSPS) is 10.4. The highest BCUT2D eigenvalue weighted by Crippen LogP contribution is 2.24. The summed E-state index contributed by atoms with van der Waals surface area (Å²) < 4.78 is 1.09. The molecule has 0 atom stereocenters. The SMILES string of the molecule is CN(Cc1ccc(Br)cc1)c1ncc(N)s1. The van der Waals surface area contributed by atoms with Gasteiger partial charge in [-0.15, -0.1) is 0 Å². The van der Waals surface area contributed by atoms with Crippen molar-refractivity contribution in [3.05, 3.63) is 40.5 Å². The van der Waals surface area contributed by atoms with E-state index < -0.39 is 0 Å². The molecule has 0 amide bonds. The lowest BCUT2D eigenvalue weighted by molar-refractivity contribution is 0.914. The van der Waals surface area contributed by atoms with Gasteiger partial charge in [-0.2, -0.15) is 0 Å². The van der Waals surface area contributed by atoms with Gasteiger partial charge >= 0.3 is 0 Å². The lowest BCUT2D eigenvalue weighted by atomic mass is 10.2. The number of nitrogen functional groups attached to an aromatic ring is 1. The summed E-state index contributed by atoms with van der Waals surface area (Å²) in [4.78, 5) is 6.33. The van der Waals surface area contributed by atoms with Crippen molar-refractivity contribution < 1.29 is 0 Å². The van der Waals surface area contributed by atoms with Crippen molar-refractivity contribution in [2.24, 2.45) is 0 Å². The van der Waals surface area contributed by atoms with Crippen molar-refractivity contribution in [3.63, 3.8) is 0 Å². The Hall–Kier alpha value is -1.07. The fraction of sp³-hybridized carbons (Fsp3) is 0.182. The van der Waals surface area contributed by atoms with Crippen molar-refractivity contribution in [1.29, 1.82) is 0 Å². The molecule has 0 spiro atoms. The molecule has 5 heteroatoms. The van der Waals surface area contributed by atoms with Gasteiger partial charge in [0.1, 0.15) is 5.00 Å². The van der Waals surface area contributed by atoms with Crippen LogP contribution in [0.4, 0.5) is 10.1 Å². The van der Waals surface area contributed by atoms with Gasteiger partial charge < -0.3 is 10.6 Å². The molecule has 1 aromatic heterocycles. The van der Waals surface area contributed by atoms with Crippen LogP contribution in [0.2, 0.25) is 0 Å². The molecular formula is C11H12BrN3S. The summed E-state index contributed by atoms with van der Waals surface area (Å²) in [5.74, 6) is 0. The number of rotatable bonds is 3. The van der Waals surface area contributed by atoms with Gasteiger partial charge in [0.15, 0.2) is 5.13 Å². The molecule has 0 radical (unpaired) electrons. The number of anilines is 2. The highest BCUT2D eigenvalue weighted by molar-refractivity contribution is 9.10. The summed E-state index contributed by atoms with van der Waals surface area (Å²) in [7, 11) is 2.01. The molecule has 0 saturated carbocycles. The number of aromatic nitrogens is 1. The lowest BCUT2D eigenvalue weighted by Gasteiger charge is -2.15. The topological polar surface area (TPSA) is 42.2 Å². The fourth-order valence-electron chi connectivity index (χ4n) is 1.38. The van der Waals surface area contributed by atoms with Gasteiger partial charge in [-0.25, -0.2) is 4.98 Å². The maximum atomic E-state index is 5.65. The summed E-state index contributed by atoms with van der Waals surface area (Å²) in [5.41, 5.74) is 6.90. The minimum absolute atomic E-state index is 0.748. The molecule has 1 aromatic carbocycles. The first-order chi connectivity index (χ1) is 7.65. The molecule has 2 N–H and O–H groups in total. The van der Waals surface area contributed by atoms with Crippen LogP contribution >= 0.6 is 27.3 Å². The quantitative estimate of drug-likeness (QED) is 0.946. The molecule has 84 valence electrons. The van der Waals surface area contributed by atoms with Crippen molar-refractivity contribution in [2.75, 3.05) is 17.7 Å². The van der Waals surface area contributed by atoms with E-state index in [4.69, 9.17) is 5.73 Å². The van der Waals surface area contributed by atoms with Gasteiger partial charge in [-0.05, 0) is 17.7 Å². The van der Waals surface area contributed by atoms with E-state index in [1.54, 1.807) is 6.20 Å². The number of hydrogen-bond acceptors (Lipinski definition) is 4. The summed E-state index contributed by atoms with van der Waals surface area (Å²) in [6.45, 7) is 0.834. The van der Waals surface area contributed by atoms with Crippen LogP contribution in [-0.2, 0) is 6.54 Å². The van der Waals surface area contributed by atoms with Gasteiger partial charge in [0.2, 0.25) is 0 Å². The predicted molar refractivity (Wildman–Crippen MR) is 72.8 cm³/mol. The highest BCUT2D eigenvalue weighted by Gasteiger charge is 2.05. The summed E-state index contributed by atoms with van der Waals surface area (Å²) >= 11 is 4.92. The molecule has 0 aliphatic rings. The zero-order chi connectivity index (χ0) is 11.5. The van der Waals surface area contributed by atoms with Crippen LogP contribution in [0.5, 0.6) is 0 Å². The van der Waals surface area contributed by atoms with Crippen molar-refractivity contribution in [2.45, 2.75) is 6.54 Å². The van der Waals surface area contributed by atoms with Crippen LogP contribution in [0.15, 0.2) is 34.9 Å². The Bertz CT molecular complexity index is 466. The number of nitrogens with two attached hydrogens (primary N) is 1. The Labute approximate surface area is 107 Å². The summed E-state index contributed by atoms with van der Waals surface area (Å²) in [5, 5.41) is 1.69. The van der Waals surface area contributed by atoms with Crippen molar-refractivity contribution in [3.8, 4) is 0 Å². The smallest absolute Gasteiger partial charge is 0.187 e. The minimum Gasteiger partial charge on any atom is -0.389 e. The highest BCUT2D eigenvalue weighted by atomic mass is 79.9. The second-order valence-corrected chi connectivity index (χ2v) is 5.48. The van der Waals surface area contributed by atoms with E-state index in [0.717, 1.165) is 21.2 Å². The maximum absolute atomic E-state index is 5.65. The summed E-state index contributed by atoms with van der Waals surface area (Å²) in [6, 6.07) is 8.27. The number of benzene rings is 1. The lowest BCUT2D eigenvalue weighted by Crippen LogP contribution is -2.15. The third kappa shape index (κ3) is 2.74. The molecule has 1 heterocycles. The Morgan fingerprint density at radius 2 is 2.06 bits per heavy atom. The Kier molecular flexibility index (Phi) is 3.46.